The van der Waals surface area contributed by atoms with Crippen LogP contribution >= 0.6 is 0 Å². The lowest BCUT2D eigenvalue weighted by atomic mass is 10.0. The van der Waals surface area contributed by atoms with Crippen LogP contribution < -0.4 is 10.6 Å². The van der Waals surface area contributed by atoms with Gasteiger partial charge < -0.3 is 20.5 Å². The normalized spacial score (nSPS) is 18.8. The van der Waals surface area contributed by atoms with Gasteiger partial charge in [0.1, 0.15) is 0 Å². The van der Waals surface area contributed by atoms with Crippen molar-refractivity contribution in [2.45, 2.75) is 59.4 Å². The van der Waals surface area contributed by atoms with Crippen molar-refractivity contribution in [3.8, 4) is 0 Å². The van der Waals surface area contributed by atoms with Crippen molar-refractivity contribution >= 4 is 5.96 Å². The molecule has 0 aliphatic carbocycles. The maximum atomic E-state index is 9.24. The number of rotatable bonds is 12. The maximum absolute atomic E-state index is 9.24. The second-order valence-corrected chi connectivity index (χ2v) is 7.70. The van der Waals surface area contributed by atoms with Crippen molar-refractivity contribution in [2.24, 2.45) is 16.8 Å². The van der Waals surface area contributed by atoms with Crippen LogP contribution in [0.2, 0.25) is 0 Å². The Morgan fingerprint density at radius 2 is 1.88 bits per heavy atom. The average molecular weight is 371 g/mol. The Hall–Kier alpha value is -0.850. The van der Waals surface area contributed by atoms with Crippen molar-refractivity contribution in [3.63, 3.8) is 0 Å². The number of aliphatic imine (C=N–C) groups is 1. The monoisotopic (exact) mass is 370 g/mol. The largest absolute Gasteiger partial charge is 0.396 e. The second-order valence-electron chi connectivity index (χ2n) is 7.70. The van der Waals surface area contributed by atoms with E-state index in [-0.39, 0.29) is 6.61 Å². The Balaban J connectivity index is 2.62. The van der Waals surface area contributed by atoms with Crippen LogP contribution in [-0.4, -0.2) is 74.6 Å². The average Bonchev–Trinajstić information content (AvgIpc) is 2.63. The molecule has 0 bridgehead atoms. The van der Waals surface area contributed by atoms with Gasteiger partial charge in [-0.05, 0) is 38.0 Å². The van der Waals surface area contributed by atoms with Gasteiger partial charge in [0.15, 0.2) is 5.96 Å². The summed E-state index contributed by atoms with van der Waals surface area (Å²) in [6.45, 7) is 15.4. The van der Waals surface area contributed by atoms with E-state index in [1.54, 1.807) is 0 Å². The van der Waals surface area contributed by atoms with Crippen molar-refractivity contribution in [1.29, 1.82) is 0 Å². The summed E-state index contributed by atoms with van der Waals surface area (Å²) in [5.41, 5.74) is 0. The van der Waals surface area contributed by atoms with Gasteiger partial charge in [-0.15, -0.1) is 0 Å². The first-order chi connectivity index (χ1) is 12.6. The van der Waals surface area contributed by atoms with Gasteiger partial charge >= 0.3 is 0 Å². The quantitative estimate of drug-likeness (QED) is 0.362. The first-order valence-electron chi connectivity index (χ1n) is 10.5. The van der Waals surface area contributed by atoms with Gasteiger partial charge in [0.25, 0.3) is 0 Å². The van der Waals surface area contributed by atoms with E-state index in [4.69, 9.17) is 9.73 Å². The molecule has 154 valence electrons. The minimum Gasteiger partial charge on any atom is -0.396 e. The summed E-state index contributed by atoms with van der Waals surface area (Å²) in [6.07, 6.45) is 4.26. The Kier molecular flexibility index (Phi) is 12.7. The third-order valence-electron chi connectivity index (χ3n) is 4.90. The van der Waals surface area contributed by atoms with E-state index in [0.29, 0.717) is 17.9 Å². The number of aliphatic hydroxyl groups is 1. The van der Waals surface area contributed by atoms with Gasteiger partial charge in [0.2, 0.25) is 0 Å². The van der Waals surface area contributed by atoms with E-state index in [2.05, 4.69) is 43.2 Å². The summed E-state index contributed by atoms with van der Waals surface area (Å²) < 4.78 is 5.51. The molecule has 1 aliphatic rings. The Bertz CT molecular complexity index is 365. The summed E-state index contributed by atoms with van der Waals surface area (Å²) in [7, 11) is 0. The number of morpholine rings is 1. The minimum atomic E-state index is 0.248. The van der Waals surface area contributed by atoms with Gasteiger partial charge in [-0.3, -0.25) is 9.89 Å². The van der Waals surface area contributed by atoms with Crippen LogP contribution in [0.1, 0.15) is 53.4 Å². The molecule has 0 aromatic heterocycles. The molecule has 1 aliphatic heterocycles. The van der Waals surface area contributed by atoms with Crippen LogP contribution in [0.5, 0.6) is 0 Å². The number of hydrogen-bond donors (Lipinski definition) is 3. The molecule has 1 fully saturated rings. The zero-order chi connectivity index (χ0) is 19.2. The fourth-order valence-electron chi connectivity index (χ4n) is 3.54. The molecule has 26 heavy (non-hydrogen) atoms. The molecule has 0 amide bonds. The zero-order valence-corrected chi connectivity index (χ0v) is 17.5. The Labute approximate surface area is 160 Å². The molecular formula is C20H42N4O2. The molecule has 0 saturated carbocycles. The fraction of sp³-hybridized carbons (Fsp3) is 0.950. The molecule has 2 atom stereocenters. The van der Waals surface area contributed by atoms with E-state index in [1.807, 2.05) is 0 Å². The number of aliphatic hydroxyl groups excluding tert-OH is 1. The molecule has 1 rings (SSSR count). The van der Waals surface area contributed by atoms with Crippen LogP contribution in [0, 0.1) is 11.8 Å². The number of nitrogens with one attached hydrogen (secondary N) is 2. The second kappa shape index (κ2) is 14.2. The summed E-state index contributed by atoms with van der Waals surface area (Å²) in [4.78, 5) is 7.33. The number of nitrogens with zero attached hydrogens (tertiary/aromatic N) is 2. The van der Waals surface area contributed by atoms with E-state index in [9.17, 15) is 5.11 Å². The lowest BCUT2D eigenvalue weighted by molar-refractivity contribution is 0.0132. The molecule has 0 aromatic carbocycles. The van der Waals surface area contributed by atoms with E-state index >= 15 is 0 Å². The number of ether oxygens (including phenoxy) is 1. The molecule has 6 heteroatoms. The van der Waals surface area contributed by atoms with E-state index in [0.717, 1.165) is 71.2 Å². The molecular weight excluding hydrogens is 328 g/mol. The first kappa shape index (κ1) is 23.2. The number of guanidine groups is 1. The Morgan fingerprint density at radius 3 is 2.46 bits per heavy atom. The van der Waals surface area contributed by atoms with E-state index < -0.39 is 0 Å². The molecule has 1 saturated heterocycles. The fourth-order valence-corrected chi connectivity index (χ4v) is 3.54. The van der Waals surface area contributed by atoms with Crippen molar-refractivity contribution in [2.75, 3.05) is 52.5 Å². The highest BCUT2D eigenvalue weighted by Gasteiger charge is 2.22. The minimum absolute atomic E-state index is 0.248. The predicted molar refractivity (Wildman–Crippen MR) is 110 cm³/mol. The van der Waals surface area contributed by atoms with Crippen LogP contribution in [-0.2, 0) is 4.74 Å². The lowest BCUT2D eigenvalue weighted by Crippen LogP contribution is -2.51. The van der Waals surface area contributed by atoms with Crippen LogP contribution in [0.25, 0.3) is 0 Å². The number of hydrogen-bond acceptors (Lipinski definition) is 4. The molecule has 0 spiro atoms. The summed E-state index contributed by atoms with van der Waals surface area (Å²) >= 11 is 0. The topological polar surface area (TPSA) is 69.1 Å². The molecule has 0 aromatic rings. The molecule has 6 nitrogen and oxygen atoms in total. The van der Waals surface area contributed by atoms with Crippen LogP contribution in [0.3, 0.4) is 0 Å². The zero-order valence-electron chi connectivity index (χ0n) is 17.5. The third kappa shape index (κ3) is 9.74. The summed E-state index contributed by atoms with van der Waals surface area (Å²) in [5, 5.41) is 16.2. The van der Waals surface area contributed by atoms with Crippen LogP contribution in [0.15, 0.2) is 4.99 Å². The molecule has 0 radical (unpaired) electrons. The van der Waals surface area contributed by atoms with Gasteiger partial charge in [0, 0.05) is 45.4 Å². The summed E-state index contributed by atoms with van der Waals surface area (Å²) in [6, 6.07) is 0.506. The molecule has 2 unspecified atom stereocenters. The van der Waals surface area contributed by atoms with Crippen molar-refractivity contribution in [1.82, 2.24) is 15.5 Å². The van der Waals surface area contributed by atoms with Gasteiger partial charge in [-0.2, -0.15) is 0 Å². The lowest BCUT2D eigenvalue weighted by Gasteiger charge is -2.35. The molecule has 1 heterocycles. The van der Waals surface area contributed by atoms with Gasteiger partial charge in [-0.25, -0.2) is 0 Å². The van der Waals surface area contributed by atoms with Gasteiger partial charge in [-0.1, -0.05) is 27.2 Å². The SMILES string of the molecule is CCCC(CCO)CN=C(NCC)NCC(CC(C)C)N1CCOCC1. The highest BCUT2D eigenvalue weighted by Crippen LogP contribution is 2.13. The van der Waals surface area contributed by atoms with Gasteiger partial charge in [0.05, 0.1) is 13.2 Å². The predicted octanol–water partition coefficient (Wildman–Crippen LogP) is 2.09. The smallest absolute Gasteiger partial charge is 0.191 e. The Morgan fingerprint density at radius 1 is 1.15 bits per heavy atom. The highest BCUT2D eigenvalue weighted by molar-refractivity contribution is 5.79. The third-order valence-corrected chi connectivity index (χ3v) is 4.90. The highest BCUT2D eigenvalue weighted by atomic mass is 16.5. The molecule has 3 N–H and O–H groups in total. The maximum Gasteiger partial charge on any atom is 0.191 e. The summed E-state index contributed by atoms with van der Waals surface area (Å²) in [5.74, 6) is 2.03. The van der Waals surface area contributed by atoms with Crippen LogP contribution in [0.4, 0.5) is 0 Å². The van der Waals surface area contributed by atoms with Crippen molar-refractivity contribution < 1.29 is 9.84 Å². The van der Waals surface area contributed by atoms with E-state index in [1.165, 1.54) is 6.42 Å². The van der Waals surface area contributed by atoms with Crippen molar-refractivity contribution in [3.05, 3.63) is 0 Å². The first-order valence-corrected chi connectivity index (χ1v) is 10.5. The standard InChI is InChI=1S/C20H42N4O2/c1-5-7-18(8-11-25)15-22-20(21-6-2)23-16-19(14-17(3)4)24-9-12-26-13-10-24/h17-19,25H,5-16H2,1-4H3,(H2,21,22,23).